The number of fused-ring (bicyclic) bond motifs is 1. The van der Waals surface area contributed by atoms with E-state index in [9.17, 15) is 14.9 Å². The van der Waals surface area contributed by atoms with Gasteiger partial charge in [0.25, 0.3) is 5.91 Å². The summed E-state index contributed by atoms with van der Waals surface area (Å²) >= 11 is 1.38. The fourth-order valence-corrected chi connectivity index (χ4v) is 7.69. The zero-order valence-corrected chi connectivity index (χ0v) is 27.0. The normalized spacial score (nSPS) is 21.5. The molecule has 0 bridgehead atoms. The van der Waals surface area contributed by atoms with Crippen molar-refractivity contribution in [1.29, 1.82) is 5.26 Å². The number of nitrogen functional groups attached to an aromatic ring is 1. The Kier molecular flexibility index (Phi) is 8.73. The van der Waals surface area contributed by atoms with Crippen molar-refractivity contribution in [3.63, 3.8) is 0 Å². The van der Waals surface area contributed by atoms with Gasteiger partial charge in [0.15, 0.2) is 5.84 Å². The first kappa shape index (κ1) is 31.5. The molecule has 2 aromatic heterocycles. The molecular formula is C32H43N9O2S. The van der Waals surface area contributed by atoms with Gasteiger partial charge in [-0.05, 0) is 59.1 Å². The number of rotatable bonds is 5. The number of amides is 2. The van der Waals surface area contributed by atoms with Crippen LogP contribution in [0.2, 0.25) is 0 Å². The van der Waals surface area contributed by atoms with E-state index in [1.54, 1.807) is 4.90 Å². The van der Waals surface area contributed by atoms with Crippen molar-refractivity contribution in [3.8, 4) is 6.07 Å². The fraction of sp³-hybridized carbons (Fsp3) is 0.531. The molecule has 2 saturated heterocycles. The van der Waals surface area contributed by atoms with Gasteiger partial charge < -0.3 is 26.2 Å². The molecule has 0 spiro atoms. The summed E-state index contributed by atoms with van der Waals surface area (Å²) in [6.45, 7) is 18.0. The van der Waals surface area contributed by atoms with Crippen molar-refractivity contribution in [2.45, 2.75) is 57.9 Å². The smallest absolute Gasteiger partial charge is 0.258 e. The number of pyridine rings is 1. The summed E-state index contributed by atoms with van der Waals surface area (Å²) in [5.41, 5.74) is 14.3. The zero-order valence-electron chi connectivity index (χ0n) is 26.2. The van der Waals surface area contributed by atoms with Crippen LogP contribution in [-0.4, -0.2) is 90.3 Å². The minimum Gasteiger partial charge on any atom is -0.389 e. The van der Waals surface area contributed by atoms with Crippen molar-refractivity contribution in [2.75, 3.05) is 67.9 Å². The van der Waals surface area contributed by atoms with Gasteiger partial charge >= 0.3 is 0 Å². The maximum absolute atomic E-state index is 13.9. The average Bonchev–Trinajstić information content (AvgIpc) is 3.36. The number of nitriles is 1. The Morgan fingerprint density at radius 2 is 1.77 bits per heavy atom. The highest BCUT2D eigenvalue weighted by Crippen LogP contribution is 2.46. The summed E-state index contributed by atoms with van der Waals surface area (Å²) in [4.78, 5) is 45.1. The van der Waals surface area contributed by atoms with Crippen LogP contribution in [0.25, 0.3) is 0 Å². The number of hydrogen-bond acceptors (Lipinski definition) is 9. The minimum atomic E-state index is -0.991. The highest BCUT2D eigenvalue weighted by Gasteiger charge is 2.43. The summed E-state index contributed by atoms with van der Waals surface area (Å²) < 4.78 is 0. The molecule has 2 aliphatic heterocycles. The first-order valence-electron chi connectivity index (χ1n) is 15.2. The van der Waals surface area contributed by atoms with Crippen molar-refractivity contribution in [3.05, 3.63) is 46.5 Å². The van der Waals surface area contributed by atoms with E-state index in [2.05, 4.69) is 59.2 Å². The van der Waals surface area contributed by atoms with Gasteiger partial charge in [0.05, 0.1) is 11.0 Å². The fourth-order valence-electron chi connectivity index (χ4n) is 6.50. The SMILES string of the molecule is C=CC(=O)N1CCN(c2cc(C(N)=NC(=O)C3(C)CCCc4sc(N)c(C#N)c43)nc(N3CCN(C(C)(C)C)CC3)c2)CC1. The van der Waals surface area contributed by atoms with Crippen molar-refractivity contribution in [1.82, 2.24) is 14.8 Å². The van der Waals surface area contributed by atoms with Crippen LogP contribution in [0.15, 0.2) is 29.8 Å². The summed E-state index contributed by atoms with van der Waals surface area (Å²) in [6.07, 6.45) is 3.50. The number of aliphatic imine (C=N–C) groups is 1. The molecule has 0 saturated carbocycles. The van der Waals surface area contributed by atoms with E-state index in [0.29, 0.717) is 54.4 Å². The van der Waals surface area contributed by atoms with Crippen LogP contribution >= 0.6 is 11.3 Å². The standard InChI is InChI=1S/C32H43N9O2S/c1-6-26(42)40-12-10-38(11-13-40)21-18-23(36-25(19-21)39-14-16-41(17-15-39)31(2,3)4)28(34)37-30(43)32(5)9-7-8-24-27(32)22(20-33)29(35)44-24/h6,18-19H,1,7-17,35H2,2-5H3,(H2,34,37,43). The molecule has 234 valence electrons. The molecule has 12 heteroatoms. The lowest BCUT2D eigenvalue weighted by molar-refractivity contribution is -0.126. The Bertz CT molecular complexity index is 1520. The van der Waals surface area contributed by atoms with E-state index < -0.39 is 11.3 Å². The van der Waals surface area contributed by atoms with Gasteiger partial charge in [-0.25, -0.2) is 4.98 Å². The molecule has 5 rings (SSSR count). The number of piperazine rings is 2. The predicted molar refractivity (Wildman–Crippen MR) is 176 cm³/mol. The van der Waals surface area contributed by atoms with E-state index in [1.807, 2.05) is 13.0 Å². The molecule has 4 heterocycles. The maximum atomic E-state index is 13.9. The molecule has 4 N–H and O–H groups in total. The van der Waals surface area contributed by atoms with E-state index in [0.717, 1.165) is 55.4 Å². The lowest BCUT2D eigenvalue weighted by Crippen LogP contribution is -2.53. The molecule has 11 nitrogen and oxygen atoms in total. The number of carbonyl (C=O) groups is 2. The molecule has 44 heavy (non-hydrogen) atoms. The van der Waals surface area contributed by atoms with Gasteiger partial charge in [-0.15, -0.1) is 11.3 Å². The Morgan fingerprint density at radius 1 is 1.11 bits per heavy atom. The topological polar surface area (TPSA) is 148 Å². The molecule has 2 fully saturated rings. The largest absolute Gasteiger partial charge is 0.389 e. The summed E-state index contributed by atoms with van der Waals surface area (Å²) in [6, 6.07) is 6.16. The average molecular weight is 618 g/mol. The number of aryl methyl sites for hydroxylation is 1. The first-order chi connectivity index (χ1) is 20.8. The number of nitrogens with zero attached hydrogens (tertiary/aromatic N) is 7. The number of aromatic nitrogens is 1. The van der Waals surface area contributed by atoms with Crippen LogP contribution in [0.4, 0.5) is 16.5 Å². The predicted octanol–water partition coefficient (Wildman–Crippen LogP) is 2.88. The van der Waals surface area contributed by atoms with Crippen molar-refractivity contribution < 1.29 is 9.59 Å². The maximum Gasteiger partial charge on any atom is 0.258 e. The highest BCUT2D eigenvalue weighted by molar-refractivity contribution is 7.16. The number of carbonyl (C=O) groups excluding carboxylic acids is 2. The molecule has 0 radical (unpaired) electrons. The van der Waals surface area contributed by atoms with Crippen LogP contribution in [0.5, 0.6) is 0 Å². The Balaban J connectivity index is 1.47. The van der Waals surface area contributed by atoms with E-state index in [4.69, 9.17) is 16.5 Å². The van der Waals surface area contributed by atoms with E-state index in [1.165, 1.54) is 17.4 Å². The molecule has 1 atom stereocenters. The molecule has 2 amide bonds. The number of amidine groups is 1. The lowest BCUT2D eigenvalue weighted by Gasteiger charge is -2.43. The Hall–Kier alpha value is -3.95. The quantitative estimate of drug-likeness (QED) is 0.294. The van der Waals surface area contributed by atoms with Gasteiger partial charge in [-0.2, -0.15) is 10.3 Å². The lowest BCUT2D eigenvalue weighted by atomic mass is 9.72. The number of hydrogen-bond donors (Lipinski definition) is 2. The van der Waals surface area contributed by atoms with Gasteiger partial charge in [-0.1, -0.05) is 6.58 Å². The van der Waals surface area contributed by atoms with Gasteiger partial charge in [-0.3, -0.25) is 14.5 Å². The second-order valence-corrected chi connectivity index (χ2v) is 14.1. The van der Waals surface area contributed by atoms with E-state index in [-0.39, 0.29) is 17.3 Å². The summed E-state index contributed by atoms with van der Waals surface area (Å²) in [5, 5.41) is 10.3. The van der Waals surface area contributed by atoms with Gasteiger partial charge in [0, 0.05) is 80.1 Å². The Morgan fingerprint density at radius 3 is 2.39 bits per heavy atom. The molecule has 3 aliphatic rings. The first-order valence-corrected chi connectivity index (χ1v) is 16.1. The summed E-state index contributed by atoms with van der Waals surface area (Å²) in [7, 11) is 0. The summed E-state index contributed by atoms with van der Waals surface area (Å²) in [5.74, 6) is 0.361. The third kappa shape index (κ3) is 6.03. The van der Waals surface area contributed by atoms with Crippen LogP contribution < -0.4 is 21.3 Å². The second kappa shape index (κ2) is 12.2. The number of thiophene rings is 1. The monoisotopic (exact) mass is 617 g/mol. The molecular weight excluding hydrogens is 574 g/mol. The third-order valence-electron chi connectivity index (χ3n) is 9.19. The van der Waals surface area contributed by atoms with Crippen LogP contribution in [-0.2, 0) is 21.4 Å². The molecule has 0 aromatic carbocycles. The van der Waals surface area contributed by atoms with Crippen LogP contribution in [0.1, 0.15) is 62.2 Å². The van der Waals surface area contributed by atoms with Crippen LogP contribution in [0.3, 0.4) is 0 Å². The molecule has 2 aromatic rings. The highest BCUT2D eigenvalue weighted by atomic mass is 32.1. The number of nitrogens with two attached hydrogens (primary N) is 2. The van der Waals surface area contributed by atoms with E-state index >= 15 is 0 Å². The molecule has 1 unspecified atom stereocenters. The second-order valence-electron chi connectivity index (χ2n) is 13.0. The van der Waals surface area contributed by atoms with Crippen molar-refractivity contribution in [2.24, 2.45) is 10.7 Å². The van der Waals surface area contributed by atoms with Gasteiger partial charge in [0.1, 0.15) is 22.6 Å². The minimum absolute atomic E-state index is 0.0435. The van der Waals surface area contributed by atoms with Crippen LogP contribution in [0, 0.1) is 11.3 Å². The zero-order chi connectivity index (χ0) is 31.8. The number of anilines is 3. The third-order valence-corrected chi connectivity index (χ3v) is 10.3. The Labute approximate surface area is 263 Å². The molecule has 1 aliphatic carbocycles. The van der Waals surface area contributed by atoms with Crippen molar-refractivity contribution >= 4 is 45.5 Å². The van der Waals surface area contributed by atoms with Gasteiger partial charge in [0.2, 0.25) is 5.91 Å².